The minimum absolute atomic E-state index is 0.0190. The molecule has 3 nitrogen and oxygen atoms in total. The molecule has 128 valence electrons. The van der Waals surface area contributed by atoms with E-state index in [9.17, 15) is 4.79 Å². The molecule has 0 saturated carbocycles. The van der Waals surface area contributed by atoms with E-state index in [-0.39, 0.29) is 24.0 Å². The van der Waals surface area contributed by atoms with Crippen LogP contribution in [-0.2, 0) is 10.2 Å². The van der Waals surface area contributed by atoms with Gasteiger partial charge in [-0.3, -0.25) is 4.79 Å². The van der Waals surface area contributed by atoms with Crippen LogP contribution in [0, 0.1) is 0 Å². The van der Waals surface area contributed by atoms with Crippen molar-refractivity contribution in [3.05, 3.63) is 65.7 Å². The van der Waals surface area contributed by atoms with Crippen molar-refractivity contribution in [2.45, 2.75) is 45.6 Å². The van der Waals surface area contributed by atoms with Crippen molar-refractivity contribution in [1.29, 1.82) is 0 Å². The van der Waals surface area contributed by atoms with Gasteiger partial charge >= 0.3 is 0 Å². The highest BCUT2D eigenvalue weighted by molar-refractivity contribution is 5.78. The second-order valence-corrected chi connectivity index (χ2v) is 7.00. The molecule has 3 heteroatoms. The molecule has 0 aliphatic carbocycles. The smallest absolute Gasteiger partial charge is 0.258 e. The summed E-state index contributed by atoms with van der Waals surface area (Å²) in [5, 5.41) is 3.02. The lowest BCUT2D eigenvalue weighted by Crippen LogP contribution is -2.32. The maximum Gasteiger partial charge on any atom is 0.258 e. The van der Waals surface area contributed by atoms with Crippen LogP contribution in [0.5, 0.6) is 5.75 Å². The second-order valence-electron chi connectivity index (χ2n) is 7.00. The van der Waals surface area contributed by atoms with Crippen molar-refractivity contribution >= 4 is 5.91 Å². The Kier molecular flexibility index (Phi) is 6.02. The zero-order valence-corrected chi connectivity index (χ0v) is 15.0. The molecule has 0 aromatic heterocycles. The first-order valence-electron chi connectivity index (χ1n) is 8.48. The molecule has 2 aromatic carbocycles. The molecule has 0 heterocycles. The molecule has 0 radical (unpaired) electrons. The largest absolute Gasteiger partial charge is 0.484 e. The average Bonchev–Trinajstić information content (AvgIpc) is 2.58. The molecule has 2 rings (SSSR count). The van der Waals surface area contributed by atoms with E-state index in [1.54, 1.807) is 0 Å². The Morgan fingerprint density at radius 1 is 1.04 bits per heavy atom. The van der Waals surface area contributed by atoms with Crippen LogP contribution in [0.4, 0.5) is 0 Å². The van der Waals surface area contributed by atoms with Gasteiger partial charge in [-0.1, -0.05) is 70.2 Å². The number of hydrogen-bond donors (Lipinski definition) is 1. The molecule has 0 aliphatic heterocycles. The highest BCUT2D eigenvalue weighted by Gasteiger charge is 2.14. The third-order valence-corrected chi connectivity index (χ3v) is 4.04. The molecule has 1 N–H and O–H groups in total. The van der Waals surface area contributed by atoms with Crippen LogP contribution in [0.2, 0.25) is 0 Å². The van der Waals surface area contributed by atoms with E-state index >= 15 is 0 Å². The highest BCUT2D eigenvalue weighted by Crippen LogP contribution is 2.24. The standard InChI is InChI=1S/C21H27NO2/c1-5-19(16-9-7-6-8-10-16)22-20(23)15-24-18-13-11-17(12-14-18)21(2,3)4/h6-14,19H,5,15H2,1-4H3,(H,22,23). The van der Waals surface area contributed by atoms with Crippen LogP contribution in [0.1, 0.15) is 51.3 Å². The monoisotopic (exact) mass is 325 g/mol. The van der Waals surface area contributed by atoms with Gasteiger partial charge in [0.1, 0.15) is 5.75 Å². The van der Waals surface area contributed by atoms with Gasteiger partial charge in [0, 0.05) is 0 Å². The van der Waals surface area contributed by atoms with Gasteiger partial charge < -0.3 is 10.1 Å². The molecule has 0 aliphatic rings. The van der Waals surface area contributed by atoms with Gasteiger partial charge in [-0.05, 0) is 35.1 Å². The van der Waals surface area contributed by atoms with Crippen molar-refractivity contribution in [1.82, 2.24) is 5.32 Å². The molecule has 0 fully saturated rings. The molecule has 24 heavy (non-hydrogen) atoms. The maximum atomic E-state index is 12.1. The lowest BCUT2D eigenvalue weighted by Gasteiger charge is -2.19. The van der Waals surface area contributed by atoms with E-state index < -0.39 is 0 Å². The van der Waals surface area contributed by atoms with Crippen LogP contribution in [0.3, 0.4) is 0 Å². The summed E-state index contributed by atoms with van der Waals surface area (Å²) >= 11 is 0. The van der Waals surface area contributed by atoms with Crippen LogP contribution >= 0.6 is 0 Å². The summed E-state index contributed by atoms with van der Waals surface area (Å²) in [4.78, 5) is 12.1. The molecular formula is C21H27NO2. The SMILES string of the molecule is CCC(NC(=O)COc1ccc(C(C)(C)C)cc1)c1ccccc1. The van der Waals surface area contributed by atoms with E-state index in [2.05, 4.69) is 33.0 Å². The fraction of sp³-hybridized carbons (Fsp3) is 0.381. The van der Waals surface area contributed by atoms with E-state index in [0.29, 0.717) is 5.75 Å². The Morgan fingerprint density at radius 3 is 2.21 bits per heavy atom. The number of hydrogen-bond acceptors (Lipinski definition) is 2. The zero-order valence-electron chi connectivity index (χ0n) is 15.0. The van der Waals surface area contributed by atoms with Crippen LogP contribution < -0.4 is 10.1 Å². The fourth-order valence-electron chi connectivity index (χ4n) is 2.54. The van der Waals surface area contributed by atoms with E-state index in [1.807, 2.05) is 54.6 Å². The molecule has 0 saturated heterocycles. The quantitative estimate of drug-likeness (QED) is 0.841. The first-order chi connectivity index (χ1) is 11.4. The van der Waals surface area contributed by atoms with Crippen molar-refractivity contribution in [3.8, 4) is 5.75 Å². The summed E-state index contributed by atoms with van der Waals surface area (Å²) in [5.74, 6) is 0.608. The Morgan fingerprint density at radius 2 is 1.67 bits per heavy atom. The lowest BCUT2D eigenvalue weighted by atomic mass is 9.87. The van der Waals surface area contributed by atoms with Gasteiger partial charge in [0.05, 0.1) is 6.04 Å². The average molecular weight is 325 g/mol. The number of ether oxygens (including phenoxy) is 1. The number of carbonyl (C=O) groups is 1. The Labute approximate surface area is 145 Å². The van der Waals surface area contributed by atoms with Crippen molar-refractivity contribution < 1.29 is 9.53 Å². The Balaban J connectivity index is 1.88. The summed E-state index contributed by atoms with van der Waals surface area (Å²) in [5.41, 5.74) is 2.47. The summed E-state index contributed by atoms with van der Waals surface area (Å²) in [6, 6.07) is 18.0. The topological polar surface area (TPSA) is 38.3 Å². The normalized spacial score (nSPS) is 12.5. The number of rotatable bonds is 6. The molecule has 1 amide bonds. The van der Waals surface area contributed by atoms with Gasteiger partial charge in [0.2, 0.25) is 0 Å². The fourth-order valence-corrected chi connectivity index (χ4v) is 2.54. The third-order valence-electron chi connectivity index (χ3n) is 4.04. The van der Waals surface area contributed by atoms with E-state index in [1.165, 1.54) is 5.56 Å². The van der Waals surface area contributed by atoms with Gasteiger partial charge in [-0.25, -0.2) is 0 Å². The molecule has 0 spiro atoms. The zero-order chi connectivity index (χ0) is 17.6. The molecular weight excluding hydrogens is 298 g/mol. The van der Waals surface area contributed by atoms with Gasteiger partial charge in [0.15, 0.2) is 6.61 Å². The Hall–Kier alpha value is -2.29. The van der Waals surface area contributed by atoms with Gasteiger partial charge in [-0.2, -0.15) is 0 Å². The van der Waals surface area contributed by atoms with Gasteiger partial charge in [-0.15, -0.1) is 0 Å². The second kappa shape index (κ2) is 8.00. The minimum atomic E-state index is -0.106. The molecule has 0 bridgehead atoms. The summed E-state index contributed by atoms with van der Waals surface area (Å²) in [7, 11) is 0. The predicted octanol–water partition coefficient (Wildman–Crippen LogP) is 4.63. The minimum Gasteiger partial charge on any atom is -0.484 e. The lowest BCUT2D eigenvalue weighted by molar-refractivity contribution is -0.123. The third kappa shape index (κ3) is 5.12. The van der Waals surface area contributed by atoms with Crippen molar-refractivity contribution in [2.75, 3.05) is 6.61 Å². The number of amides is 1. The summed E-state index contributed by atoms with van der Waals surface area (Å²) in [6.45, 7) is 8.60. The van der Waals surface area contributed by atoms with Crippen LogP contribution in [-0.4, -0.2) is 12.5 Å². The van der Waals surface area contributed by atoms with E-state index in [4.69, 9.17) is 4.74 Å². The summed E-state index contributed by atoms with van der Waals surface area (Å²) in [6.07, 6.45) is 0.843. The maximum absolute atomic E-state index is 12.1. The molecule has 1 atom stereocenters. The van der Waals surface area contributed by atoms with Crippen molar-refractivity contribution in [3.63, 3.8) is 0 Å². The molecule has 2 aromatic rings. The van der Waals surface area contributed by atoms with Crippen molar-refractivity contribution in [2.24, 2.45) is 0 Å². The Bertz CT molecular complexity index is 642. The molecule has 1 unspecified atom stereocenters. The van der Waals surface area contributed by atoms with Crippen LogP contribution in [0.25, 0.3) is 0 Å². The first-order valence-corrected chi connectivity index (χ1v) is 8.48. The summed E-state index contributed by atoms with van der Waals surface area (Å²) < 4.78 is 5.60. The first kappa shape index (κ1) is 18.1. The highest BCUT2D eigenvalue weighted by atomic mass is 16.5. The number of nitrogens with one attached hydrogen (secondary N) is 1. The van der Waals surface area contributed by atoms with Crippen LogP contribution in [0.15, 0.2) is 54.6 Å². The van der Waals surface area contributed by atoms with E-state index in [0.717, 1.165) is 12.0 Å². The predicted molar refractivity (Wildman–Crippen MR) is 98.3 cm³/mol. The number of carbonyl (C=O) groups excluding carboxylic acids is 1. The number of benzene rings is 2. The van der Waals surface area contributed by atoms with Gasteiger partial charge in [0.25, 0.3) is 5.91 Å².